The lowest BCUT2D eigenvalue weighted by molar-refractivity contribution is 0.102. The molecule has 0 radical (unpaired) electrons. The van der Waals surface area contributed by atoms with E-state index >= 15 is 0 Å². The van der Waals surface area contributed by atoms with Gasteiger partial charge in [-0.15, -0.1) is 0 Å². The number of rotatable bonds is 5. The van der Waals surface area contributed by atoms with E-state index in [1.54, 1.807) is 24.4 Å². The van der Waals surface area contributed by atoms with Crippen molar-refractivity contribution in [1.29, 1.82) is 0 Å². The van der Waals surface area contributed by atoms with Gasteiger partial charge >= 0.3 is 0 Å². The van der Waals surface area contributed by atoms with E-state index in [0.717, 1.165) is 16.8 Å². The highest BCUT2D eigenvalue weighted by molar-refractivity contribution is 6.05. The molecule has 0 unspecified atom stereocenters. The summed E-state index contributed by atoms with van der Waals surface area (Å²) in [7, 11) is 0. The van der Waals surface area contributed by atoms with Crippen LogP contribution in [0.4, 0.5) is 22.9 Å². The highest BCUT2D eigenvalue weighted by Crippen LogP contribution is 2.23. The average Bonchev–Trinajstić information content (AvgIpc) is 2.82. The molecule has 0 aliphatic heterocycles. The van der Waals surface area contributed by atoms with Gasteiger partial charge in [-0.05, 0) is 54.1 Å². The Morgan fingerprint density at radius 1 is 0.812 bits per heavy atom. The van der Waals surface area contributed by atoms with E-state index in [1.807, 2.05) is 72.8 Å². The molecule has 0 aliphatic carbocycles. The van der Waals surface area contributed by atoms with Crippen LogP contribution in [0.15, 0.2) is 102 Å². The molecule has 4 aromatic rings. The molecule has 32 heavy (non-hydrogen) atoms. The number of guanidine groups is 1. The number of carbonyl (C=O) groups excluding carboxylic acids is 1. The van der Waals surface area contributed by atoms with Crippen molar-refractivity contribution >= 4 is 34.7 Å². The largest absolute Gasteiger partial charge is 0.397 e. The predicted octanol–water partition coefficient (Wildman–Crippen LogP) is 4.64. The molecule has 1 heterocycles. The van der Waals surface area contributed by atoms with Crippen LogP contribution in [0.1, 0.15) is 10.4 Å². The molecule has 0 saturated heterocycles. The minimum absolute atomic E-state index is 0.175. The van der Waals surface area contributed by atoms with Gasteiger partial charge in [-0.3, -0.25) is 4.79 Å². The van der Waals surface area contributed by atoms with Crippen LogP contribution in [0.5, 0.6) is 0 Å². The Morgan fingerprint density at radius 2 is 1.59 bits per heavy atom. The number of benzene rings is 3. The van der Waals surface area contributed by atoms with Gasteiger partial charge in [-0.1, -0.05) is 42.5 Å². The molecule has 0 aliphatic rings. The molecule has 7 nitrogen and oxygen atoms in total. The molecule has 4 rings (SSSR count). The van der Waals surface area contributed by atoms with Crippen LogP contribution < -0.4 is 22.1 Å². The Morgan fingerprint density at radius 3 is 2.34 bits per heavy atom. The Kier molecular flexibility index (Phi) is 6.08. The summed E-state index contributed by atoms with van der Waals surface area (Å²) in [5, 5.41) is 5.85. The maximum atomic E-state index is 12.6. The van der Waals surface area contributed by atoms with Crippen molar-refractivity contribution in [2.24, 2.45) is 10.7 Å². The quantitative estimate of drug-likeness (QED) is 0.212. The number of anilines is 3. The molecule has 3 aromatic carbocycles. The molecule has 158 valence electrons. The fourth-order valence-electron chi connectivity index (χ4n) is 3.09. The van der Waals surface area contributed by atoms with E-state index in [0.29, 0.717) is 22.8 Å². The first kappa shape index (κ1) is 20.6. The van der Waals surface area contributed by atoms with Crippen molar-refractivity contribution in [1.82, 2.24) is 4.98 Å². The molecular weight excluding hydrogens is 400 g/mol. The number of nitrogens with zero attached hydrogens (tertiary/aromatic N) is 2. The first-order chi connectivity index (χ1) is 15.6. The first-order valence-corrected chi connectivity index (χ1v) is 9.97. The van der Waals surface area contributed by atoms with Crippen LogP contribution in [-0.4, -0.2) is 16.9 Å². The van der Waals surface area contributed by atoms with Gasteiger partial charge in [0.25, 0.3) is 5.91 Å². The van der Waals surface area contributed by atoms with Gasteiger partial charge in [0.15, 0.2) is 11.8 Å². The maximum Gasteiger partial charge on any atom is 0.255 e. The standard InChI is InChI=1S/C25H22N6O/c26-21-11-4-5-12-22(21)30-25(27)31-23-14-13-19(16-28-23)17-7-6-8-18(15-17)24(32)29-20-9-2-1-3-10-20/h1-16H,26H2,(H,29,32)(H3,27,28,30,31). The molecule has 6 N–H and O–H groups in total. The van der Waals surface area contributed by atoms with E-state index in [2.05, 4.69) is 20.6 Å². The Balaban J connectivity index is 1.47. The second-order valence-electron chi connectivity index (χ2n) is 7.02. The number of hydrogen-bond acceptors (Lipinski definition) is 4. The molecule has 0 saturated carbocycles. The molecule has 0 spiro atoms. The number of nitrogens with two attached hydrogens (primary N) is 2. The second kappa shape index (κ2) is 9.44. The lowest BCUT2D eigenvalue weighted by atomic mass is 10.0. The first-order valence-electron chi connectivity index (χ1n) is 9.97. The van der Waals surface area contributed by atoms with E-state index in [9.17, 15) is 4.79 Å². The number of amides is 1. The van der Waals surface area contributed by atoms with E-state index < -0.39 is 0 Å². The predicted molar refractivity (Wildman–Crippen MR) is 130 cm³/mol. The van der Waals surface area contributed by atoms with Crippen LogP contribution in [0.2, 0.25) is 0 Å². The van der Waals surface area contributed by atoms with E-state index in [1.165, 1.54) is 0 Å². The molecule has 0 atom stereocenters. The summed E-state index contributed by atoms with van der Waals surface area (Å²) >= 11 is 0. The van der Waals surface area contributed by atoms with Crippen molar-refractivity contribution < 1.29 is 4.79 Å². The van der Waals surface area contributed by atoms with Crippen LogP contribution in [0.3, 0.4) is 0 Å². The van der Waals surface area contributed by atoms with Crippen molar-refractivity contribution in [2.75, 3.05) is 16.4 Å². The second-order valence-corrected chi connectivity index (χ2v) is 7.02. The third kappa shape index (κ3) is 5.09. The van der Waals surface area contributed by atoms with Gasteiger partial charge in [0.1, 0.15) is 0 Å². The lowest BCUT2D eigenvalue weighted by Gasteiger charge is -2.08. The number of aliphatic imine (C=N–C) groups is 1. The lowest BCUT2D eigenvalue weighted by Crippen LogP contribution is -2.22. The van der Waals surface area contributed by atoms with Gasteiger partial charge in [0.2, 0.25) is 0 Å². The number of hydrogen-bond donors (Lipinski definition) is 4. The van der Waals surface area contributed by atoms with E-state index in [4.69, 9.17) is 11.5 Å². The topological polar surface area (TPSA) is 118 Å². The van der Waals surface area contributed by atoms with E-state index in [-0.39, 0.29) is 11.9 Å². The SMILES string of the molecule is NC(=Nc1ccc(-c2cccc(C(=O)Nc3ccccc3)c2)cn1)Nc1ccccc1N. The van der Waals surface area contributed by atoms with Crippen LogP contribution >= 0.6 is 0 Å². The zero-order chi connectivity index (χ0) is 22.3. The number of nitrogens with one attached hydrogen (secondary N) is 2. The normalized spacial score (nSPS) is 11.1. The molecule has 0 bridgehead atoms. The Bertz CT molecular complexity index is 1250. The number of pyridine rings is 1. The minimum Gasteiger partial charge on any atom is -0.397 e. The van der Waals surface area contributed by atoms with Gasteiger partial charge in [-0.25, -0.2) is 4.98 Å². The van der Waals surface area contributed by atoms with Gasteiger partial charge in [0, 0.05) is 23.0 Å². The zero-order valence-electron chi connectivity index (χ0n) is 17.2. The number of para-hydroxylation sites is 3. The van der Waals surface area contributed by atoms with Gasteiger partial charge in [-0.2, -0.15) is 4.99 Å². The molecule has 1 amide bonds. The van der Waals surface area contributed by atoms with Crippen LogP contribution in [-0.2, 0) is 0 Å². The summed E-state index contributed by atoms with van der Waals surface area (Å²) in [5.74, 6) is 0.459. The molecular formula is C25H22N6O. The zero-order valence-corrected chi connectivity index (χ0v) is 17.2. The number of carbonyl (C=O) groups is 1. The average molecular weight is 422 g/mol. The van der Waals surface area contributed by atoms with Crippen LogP contribution in [0, 0.1) is 0 Å². The summed E-state index contributed by atoms with van der Waals surface area (Å²) in [6.45, 7) is 0. The van der Waals surface area contributed by atoms with Crippen molar-refractivity contribution in [3.63, 3.8) is 0 Å². The third-order valence-corrected chi connectivity index (χ3v) is 4.70. The van der Waals surface area contributed by atoms with Gasteiger partial charge < -0.3 is 22.1 Å². The number of nitrogen functional groups attached to an aromatic ring is 1. The third-order valence-electron chi connectivity index (χ3n) is 4.70. The van der Waals surface area contributed by atoms with Gasteiger partial charge in [0.05, 0.1) is 11.4 Å². The maximum absolute atomic E-state index is 12.6. The monoisotopic (exact) mass is 422 g/mol. The molecule has 7 heteroatoms. The smallest absolute Gasteiger partial charge is 0.255 e. The Labute approximate surface area is 185 Å². The molecule has 0 fully saturated rings. The summed E-state index contributed by atoms with van der Waals surface area (Å²) in [4.78, 5) is 21.2. The fourth-order valence-corrected chi connectivity index (χ4v) is 3.09. The van der Waals surface area contributed by atoms with Crippen molar-refractivity contribution in [3.05, 3.63) is 103 Å². The summed E-state index contributed by atoms with van der Waals surface area (Å²) in [5.41, 5.74) is 16.2. The highest BCUT2D eigenvalue weighted by Gasteiger charge is 2.08. The highest BCUT2D eigenvalue weighted by atomic mass is 16.1. The summed E-state index contributed by atoms with van der Waals surface area (Å²) in [6.07, 6.45) is 1.69. The fraction of sp³-hybridized carbons (Fsp3) is 0. The minimum atomic E-state index is -0.175. The molecule has 1 aromatic heterocycles. The number of aromatic nitrogens is 1. The summed E-state index contributed by atoms with van der Waals surface area (Å²) < 4.78 is 0. The Hall–Kier alpha value is -4.65. The van der Waals surface area contributed by atoms with Crippen molar-refractivity contribution in [3.8, 4) is 11.1 Å². The van der Waals surface area contributed by atoms with Crippen molar-refractivity contribution in [2.45, 2.75) is 0 Å². The van der Waals surface area contributed by atoms with Crippen LogP contribution in [0.25, 0.3) is 11.1 Å². The summed E-state index contributed by atoms with van der Waals surface area (Å²) in [6, 6.07) is 27.6.